The molecular weight excluding hydrogens is 373 g/mol. The van der Waals surface area contributed by atoms with Crippen LogP contribution in [0.15, 0.2) is 11.0 Å². The number of hydrogen-bond acceptors (Lipinski definition) is 4. The fraction of sp³-hybridized carbons (Fsp3) is 0.556. The third kappa shape index (κ3) is 2.75. The molecule has 1 aliphatic rings. The van der Waals surface area contributed by atoms with E-state index in [9.17, 15) is 4.79 Å². The molecule has 2 heterocycles. The van der Waals surface area contributed by atoms with Crippen molar-refractivity contribution in [2.24, 2.45) is 0 Å². The lowest BCUT2D eigenvalue weighted by Gasteiger charge is -2.35. The van der Waals surface area contributed by atoms with Crippen molar-refractivity contribution in [3.05, 3.63) is 21.6 Å². The molecule has 5 nitrogen and oxygen atoms in total. The number of nitrogens with zero attached hydrogens (tertiary/aromatic N) is 3. The summed E-state index contributed by atoms with van der Waals surface area (Å²) < 4.78 is 1.39. The minimum absolute atomic E-state index is 0.206. The van der Waals surface area contributed by atoms with E-state index in [2.05, 4.69) is 44.3 Å². The number of piperazine rings is 1. The van der Waals surface area contributed by atoms with Crippen molar-refractivity contribution >= 4 is 45.7 Å². The van der Waals surface area contributed by atoms with Crippen molar-refractivity contribution in [2.75, 3.05) is 24.5 Å². The molecule has 2 atom stereocenters. The molecule has 8 heteroatoms. The van der Waals surface area contributed by atoms with E-state index in [4.69, 9.17) is 11.6 Å². The summed E-state index contributed by atoms with van der Waals surface area (Å²) in [6.07, 6.45) is 1.96. The fourth-order valence-electron chi connectivity index (χ4n) is 1.88. The third-order valence-corrected chi connectivity index (χ3v) is 5.00. The van der Waals surface area contributed by atoms with E-state index in [0.29, 0.717) is 6.04 Å². The summed E-state index contributed by atoms with van der Waals surface area (Å²) >= 11 is 8.25. The summed E-state index contributed by atoms with van der Waals surface area (Å²) in [5.41, 5.74) is 0.541. The van der Waals surface area contributed by atoms with Crippen molar-refractivity contribution in [1.82, 2.24) is 14.9 Å². The fourth-order valence-corrected chi connectivity index (χ4v) is 3.51. The predicted octanol–water partition coefficient (Wildman–Crippen LogP) is 1.49. The van der Waals surface area contributed by atoms with Crippen molar-refractivity contribution < 1.29 is 0 Å². The quantitative estimate of drug-likeness (QED) is 0.618. The van der Waals surface area contributed by atoms with E-state index in [0.717, 1.165) is 25.3 Å². The van der Waals surface area contributed by atoms with Crippen LogP contribution in [0.5, 0.6) is 0 Å². The van der Waals surface area contributed by atoms with Crippen molar-refractivity contribution in [3.8, 4) is 0 Å². The molecule has 1 aliphatic heterocycles. The third-order valence-electron chi connectivity index (χ3n) is 2.79. The SMILES string of the molecule is CC1CNCCN1c1cnn(PI)c(=O)c1Cl. The van der Waals surface area contributed by atoms with Crippen molar-refractivity contribution in [2.45, 2.75) is 13.0 Å². The molecule has 0 saturated carbocycles. The smallest absolute Gasteiger partial charge is 0.291 e. The van der Waals surface area contributed by atoms with Gasteiger partial charge < -0.3 is 10.2 Å². The molecule has 17 heavy (non-hydrogen) atoms. The first-order valence-corrected chi connectivity index (χ1v) is 9.71. The first kappa shape index (κ1) is 13.5. The maximum Gasteiger partial charge on any atom is 0.291 e. The summed E-state index contributed by atoms with van der Waals surface area (Å²) in [7, 11) is 0. The van der Waals surface area contributed by atoms with E-state index in [1.165, 1.54) is 4.45 Å². The minimum atomic E-state index is -0.206. The zero-order valence-corrected chi connectivity index (χ0v) is 13.2. The normalized spacial score (nSPS) is 21.4. The van der Waals surface area contributed by atoms with E-state index in [-0.39, 0.29) is 17.0 Å². The van der Waals surface area contributed by atoms with Crippen LogP contribution in [-0.2, 0) is 0 Å². The molecule has 1 saturated heterocycles. The van der Waals surface area contributed by atoms with Gasteiger partial charge in [-0.05, 0) is 29.0 Å². The Morgan fingerprint density at radius 3 is 3.12 bits per heavy atom. The molecule has 94 valence electrons. The van der Waals surface area contributed by atoms with Crippen molar-refractivity contribution in [1.29, 1.82) is 0 Å². The van der Waals surface area contributed by atoms with Gasteiger partial charge in [0, 0.05) is 25.7 Å². The highest BCUT2D eigenvalue weighted by atomic mass is 127. The molecule has 1 N–H and O–H groups in total. The molecule has 2 rings (SSSR count). The lowest BCUT2D eigenvalue weighted by atomic mass is 10.2. The topological polar surface area (TPSA) is 50.2 Å². The summed E-state index contributed by atoms with van der Waals surface area (Å²) in [4.78, 5) is 14.0. The second-order valence-corrected chi connectivity index (χ2v) is 6.31. The second kappa shape index (κ2) is 5.82. The van der Waals surface area contributed by atoms with E-state index < -0.39 is 0 Å². The highest BCUT2D eigenvalue weighted by Gasteiger charge is 2.22. The average molecular weight is 387 g/mol. The Bertz CT molecular complexity index is 469. The molecule has 0 amide bonds. The molecule has 1 aromatic rings. The van der Waals surface area contributed by atoms with E-state index in [1.807, 2.05) is 0 Å². The zero-order chi connectivity index (χ0) is 12.4. The molecule has 0 bridgehead atoms. The van der Waals surface area contributed by atoms with Gasteiger partial charge in [0.1, 0.15) is 5.02 Å². The Kier molecular flexibility index (Phi) is 4.63. The molecular formula is C9H13ClIN4OP. The Balaban J connectivity index is 2.39. The van der Waals surface area contributed by atoms with Gasteiger partial charge in [-0.25, -0.2) is 4.45 Å². The molecule has 2 unspecified atom stereocenters. The van der Waals surface area contributed by atoms with Crippen LogP contribution in [0.2, 0.25) is 5.02 Å². The number of nitrogens with one attached hydrogen (secondary N) is 1. The predicted molar refractivity (Wildman–Crippen MR) is 80.9 cm³/mol. The maximum absolute atomic E-state index is 11.9. The maximum atomic E-state index is 11.9. The van der Waals surface area contributed by atoms with Gasteiger partial charge in [0.2, 0.25) is 0 Å². The van der Waals surface area contributed by atoms with Crippen LogP contribution in [-0.4, -0.2) is 35.2 Å². The molecule has 0 radical (unpaired) electrons. The van der Waals surface area contributed by atoms with Gasteiger partial charge in [-0.2, -0.15) is 5.10 Å². The van der Waals surface area contributed by atoms with Gasteiger partial charge in [0.05, 0.1) is 18.3 Å². The van der Waals surface area contributed by atoms with E-state index in [1.54, 1.807) is 6.20 Å². The van der Waals surface area contributed by atoms with Gasteiger partial charge in [0.25, 0.3) is 5.56 Å². The standard InChI is InChI=1S/C9H13ClIN4OP/c1-6-4-12-2-3-14(6)7-5-13-15(17-11)9(16)8(7)10/h5-6,12,17H,2-4H2,1H3. The molecule has 0 aliphatic carbocycles. The summed E-state index contributed by atoms with van der Waals surface area (Å²) in [6, 6.07) is 0.320. The van der Waals surface area contributed by atoms with Crippen LogP contribution >= 0.6 is 40.0 Å². The van der Waals surface area contributed by atoms with Crippen molar-refractivity contribution in [3.63, 3.8) is 0 Å². The lowest BCUT2D eigenvalue weighted by molar-refractivity contribution is 0.500. The first-order valence-electron chi connectivity index (χ1n) is 5.27. The number of hydrogen-bond donors (Lipinski definition) is 1. The van der Waals surface area contributed by atoms with Crippen LogP contribution < -0.4 is 15.8 Å². The Morgan fingerprint density at radius 1 is 1.71 bits per heavy atom. The zero-order valence-electron chi connectivity index (χ0n) is 9.28. The monoisotopic (exact) mass is 386 g/mol. The number of rotatable bonds is 2. The largest absolute Gasteiger partial charge is 0.364 e. The van der Waals surface area contributed by atoms with Crippen LogP contribution in [0.25, 0.3) is 0 Å². The molecule has 0 spiro atoms. The summed E-state index contributed by atoms with van der Waals surface area (Å²) in [6.45, 7) is 4.75. The highest BCUT2D eigenvalue weighted by molar-refractivity contribution is 14.2. The number of anilines is 1. The van der Waals surface area contributed by atoms with Gasteiger partial charge in [-0.3, -0.25) is 4.79 Å². The van der Waals surface area contributed by atoms with Gasteiger partial charge in [0.15, 0.2) is 0 Å². The van der Waals surface area contributed by atoms with Crippen LogP contribution in [0, 0.1) is 0 Å². The summed E-state index contributed by atoms with van der Waals surface area (Å²) in [5, 5.41) is 7.71. The van der Waals surface area contributed by atoms with E-state index >= 15 is 0 Å². The van der Waals surface area contributed by atoms with Crippen LogP contribution in [0.4, 0.5) is 5.69 Å². The van der Waals surface area contributed by atoms with Gasteiger partial charge >= 0.3 is 0 Å². The number of halogens is 2. The van der Waals surface area contributed by atoms with Gasteiger partial charge in [-0.15, -0.1) is 0 Å². The summed E-state index contributed by atoms with van der Waals surface area (Å²) in [5.74, 6) is 0. The lowest BCUT2D eigenvalue weighted by Crippen LogP contribution is -2.50. The van der Waals surface area contributed by atoms with Crippen LogP contribution in [0.3, 0.4) is 0 Å². The Hall–Kier alpha value is 0.0900. The second-order valence-electron chi connectivity index (χ2n) is 3.89. The Labute approximate surface area is 119 Å². The molecule has 1 aromatic heterocycles. The average Bonchev–Trinajstić information content (AvgIpc) is 2.34. The number of aromatic nitrogens is 2. The van der Waals surface area contributed by atoms with Crippen LogP contribution in [0.1, 0.15) is 6.92 Å². The first-order chi connectivity index (χ1) is 8.15. The highest BCUT2D eigenvalue weighted by Crippen LogP contribution is 2.26. The molecule has 0 aromatic carbocycles. The van der Waals surface area contributed by atoms with Gasteiger partial charge in [-0.1, -0.05) is 11.6 Å². The minimum Gasteiger partial charge on any atom is -0.364 e. The Morgan fingerprint density at radius 2 is 2.47 bits per heavy atom. The molecule has 1 fully saturated rings.